The molecule has 0 radical (unpaired) electrons. The van der Waals surface area contributed by atoms with Crippen LogP contribution in [0.25, 0.3) is 0 Å². The van der Waals surface area contributed by atoms with Crippen molar-refractivity contribution in [2.75, 3.05) is 20.2 Å². The Kier molecular flexibility index (Phi) is 5.93. The van der Waals surface area contributed by atoms with E-state index in [4.69, 9.17) is 27.9 Å². The Morgan fingerprint density at radius 1 is 1.36 bits per heavy atom. The van der Waals surface area contributed by atoms with Gasteiger partial charge in [-0.25, -0.2) is 4.68 Å². The first-order valence-electron chi connectivity index (χ1n) is 8.18. The molecule has 1 saturated heterocycles. The number of methoxy groups -OCH3 is 1. The molecule has 1 aliphatic rings. The molecule has 0 aliphatic carbocycles. The number of likely N-dealkylation sites (tertiary alicyclic amines) is 1. The molecule has 1 aromatic carbocycles. The summed E-state index contributed by atoms with van der Waals surface area (Å²) < 4.78 is 6.89. The van der Waals surface area contributed by atoms with Crippen LogP contribution in [0.3, 0.4) is 0 Å². The molecule has 0 bridgehead atoms. The molecular weight excluding hydrogens is 363 g/mol. The van der Waals surface area contributed by atoms with Gasteiger partial charge in [-0.05, 0) is 30.5 Å². The highest BCUT2D eigenvalue weighted by Crippen LogP contribution is 2.24. The maximum Gasteiger partial charge on any atom is 0.222 e. The standard InChI is InChI=1S/C17H20Cl2N4O2/c1-25-11-13-9-23(21-20-13)14-6-7-22(10-14)17(24)5-3-12-2-4-15(18)16(19)8-12/h2,4,8-9,14H,3,5-7,10-11H2,1H3. The topological polar surface area (TPSA) is 60.2 Å². The summed E-state index contributed by atoms with van der Waals surface area (Å²) in [5.74, 6) is 0.144. The smallest absolute Gasteiger partial charge is 0.222 e. The Morgan fingerprint density at radius 2 is 2.20 bits per heavy atom. The highest BCUT2D eigenvalue weighted by atomic mass is 35.5. The minimum Gasteiger partial charge on any atom is -0.378 e. The maximum absolute atomic E-state index is 12.5. The number of aromatic nitrogens is 3. The molecule has 0 saturated carbocycles. The quantitative estimate of drug-likeness (QED) is 0.769. The van der Waals surface area contributed by atoms with Crippen molar-refractivity contribution >= 4 is 29.1 Å². The van der Waals surface area contributed by atoms with Crippen molar-refractivity contribution in [2.24, 2.45) is 0 Å². The average molecular weight is 383 g/mol. The minimum atomic E-state index is 0.144. The largest absolute Gasteiger partial charge is 0.378 e. The normalized spacial score (nSPS) is 17.2. The first-order valence-corrected chi connectivity index (χ1v) is 8.93. The zero-order valence-electron chi connectivity index (χ0n) is 14.0. The second-order valence-corrected chi connectivity index (χ2v) is 6.97. The Labute approximate surface area is 156 Å². The molecule has 25 heavy (non-hydrogen) atoms. The zero-order valence-corrected chi connectivity index (χ0v) is 15.5. The summed E-state index contributed by atoms with van der Waals surface area (Å²) in [5, 5.41) is 9.26. The van der Waals surface area contributed by atoms with Crippen molar-refractivity contribution in [1.82, 2.24) is 19.9 Å². The molecule has 0 N–H and O–H groups in total. The Balaban J connectivity index is 1.52. The van der Waals surface area contributed by atoms with Gasteiger partial charge in [-0.15, -0.1) is 5.10 Å². The summed E-state index contributed by atoms with van der Waals surface area (Å²) in [4.78, 5) is 14.3. The third kappa shape index (κ3) is 4.51. The molecule has 134 valence electrons. The van der Waals surface area contributed by atoms with E-state index in [0.717, 1.165) is 24.2 Å². The van der Waals surface area contributed by atoms with E-state index < -0.39 is 0 Å². The maximum atomic E-state index is 12.5. The summed E-state index contributed by atoms with van der Waals surface area (Å²) in [7, 11) is 1.63. The number of aryl methyl sites for hydroxylation is 1. The van der Waals surface area contributed by atoms with Crippen LogP contribution in [-0.4, -0.2) is 46.0 Å². The molecule has 1 aliphatic heterocycles. The van der Waals surface area contributed by atoms with Gasteiger partial charge in [-0.1, -0.05) is 34.5 Å². The van der Waals surface area contributed by atoms with E-state index in [-0.39, 0.29) is 11.9 Å². The number of nitrogens with zero attached hydrogens (tertiary/aromatic N) is 4. The van der Waals surface area contributed by atoms with E-state index in [1.165, 1.54) is 0 Å². The Morgan fingerprint density at radius 3 is 2.96 bits per heavy atom. The molecule has 8 heteroatoms. The SMILES string of the molecule is COCc1cn(C2CCN(C(=O)CCc3ccc(Cl)c(Cl)c3)C2)nn1. The molecule has 3 rings (SSSR count). The second kappa shape index (κ2) is 8.17. The lowest BCUT2D eigenvalue weighted by Gasteiger charge is -2.16. The van der Waals surface area contributed by atoms with E-state index in [2.05, 4.69) is 10.3 Å². The van der Waals surface area contributed by atoms with Crippen LogP contribution in [0.1, 0.15) is 30.1 Å². The highest BCUT2D eigenvalue weighted by molar-refractivity contribution is 6.42. The number of rotatable bonds is 6. The number of carbonyl (C=O) groups excluding carboxylic acids is 1. The molecular formula is C17H20Cl2N4O2. The lowest BCUT2D eigenvalue weighted by molar-refractivity contribution is -0.130. The van der Waals surface area contributed by atoms with Crippen molar-refractivity contribution in [1.29, 1.82) is 0 Å². The van der Waals surface area contributed by atoms with Gasteiger partial charge in [0.15, 0.2) is 0 Å². The number of benzene rings is 1. The number of carbonyl (C=O) groups is 1. The van der Waals surface area contributed by atoms with E-state index in [1.807, 2.05) is 27.9 Å². The molecule has 2 heterocycles. The molecule has 6 nitrogen and oxygen atoms in total. The fourth-order valence-electron chi connectivity index (χ4n) is 2.99. The van der Waals surface area contributed by atoms with Crippen molar-refractivity contribution in [3.8, 4) is 0 Å². The molecule has 1 fully saturated rings. The van der Waals surface area contributed by atoms with E-state index in [9.17, 15) is 4.79 Å². The fourth-order valence-corrected chi connectivity index (χ4v) is 3.32. The van der Waals surface area contributed by atoms with Crippen LogP contribution in [0.4, 0.5) is 0 Å². The van der Waals surface area contributed by atoms with Gasteiger partial charge in [0.1, 0.15) is 5.69 Å². The number of hydrogen-bond acceptors (Lipinski definition) is 4. The van der Waals surface area contributed by atoms with Gasteiger partial charge in [0.25, 0.3) is 0 Å². The van der Waals surface area contributed by atoms with Crippen LogP contribution in [0.2, 0.25) is 10.0 Å². The summed E-state index contributed by atoms with van der Waals surface area (Å²) >= 11 is 11.9. The Bertz CT molecular complexity index is 750. The third-order valence-electron chi connectivity index (χ3n) is 4.35. The minimum absolute atomic E-state index is 0.144. The first kappa shape index (κ1) is 18.2. The lowest BCUT2D eigenvalue weighted by atomic mass is 10.1. The molecule has 1 amide bonds. The van der Waals surface area contributed by atoms with Gasteiger partial charge in [0.2, 0.25) is 5.91 Å². The number of hydrogen-bond donors (Lipinski definition) is 0. The summed E-state index contributed by atoms with van der Waals surface area (Å²) in [6, 6.07) is 5.65. The van der Waals surface area contributed by atoms with Crippen molar-refractivity contribution in [3.05, 3.63) is 45.7 Å². The van der Waals surface area contributed by atoms with E-state index in [1.54, 1.807) is 13.2 Å². The van der Waals surface area contributed by atoms with Gasteiger partial charge < -0.3 is 9.64 Å². The predicted octanol–water partition coefficient (Wildman–Crippen LogP) is 3.14. The summed E-state index contributed by atoms with van der Waals surface area (Å²) in [6.45, 7) is 1.85. The van der Waals surface area contributed by atoms with Gasteiger partial charge in [0, 0.05) is 26.6 Å². The van der Waals surface area contributed by atoms with Crippen molar-refractivity contribution < 1.29 is 9.53 Å². The number of halogens is 2. The van der Waals surface area contributed by atoms with Crippen LogP contribution in [0, 0.1) is 0 Å². The molecule has 2 aromatic rings. The van der Waals surface area contributed by atoms with Gasteiger partial charge in [0.05, 0.1) is 28.9 Å². The third-order valence-corrected chi connectivity index (χ3v) is 5.09. The van der Waals surface area contributed by atoms with Gasteiger partial charge in [-0.3, -0.25) is 4.79 Å². The number of ether oxygens (including phenoxy) is 1. The van der Waals surface area contributed by atoms with E-state index in [0.29, 0.717) is 36.0 Å². The van der Waals surface area contributed by atoms with Gasteiger partial charge >= 0.3 is 0 Å². The van der Waals surface area contributed by atoms with Crippen LogP contribution < -0.4 is 0 Å². The first-order chi connectivity index (χ1) is 12.1. The van der Waals surface area contributed by atoms with Crippen LogP contribution in [-0.2, 0) is 22.6 Å². The van der Waals surface area contributed by atoms with Crippen molar-refractivity contribution in [2.45, 2.75) is 31.9 Å². The molecule has 1 aromatic heterocycles. The monoisotopic (exact) mass is 382 g/mol. The fraction of sp³-hybridized carbons (Fsp3) is 0.471. The second-order valence-electron chi connectivity index (χ2n) is 6.15. The number of amides is 1. The van der Waals surface area contributed by atoms with Crippen molar-refractivity contribution in [3.63, 3.8) is 0 Å². The van der Waals surface area contributed by atoms with E-state index >= 15 is 0 Å². The van der Waals surface area contributed by atoms with Crippen LogP contribution in [0.15, 0.2) is 24.4 Å². The molecule has 0 spiro atoms. The highest BCUT2D eigenvalue weighted by Gasteiger charge is 2.28. The average Bonchev–Trinajstić information content (AvgIpc) is 3.25. The lowest BCUT2D eigenvalue weighted by Crippen LogP contribution is -2.29. The summed E-state index contributed by atoms with van der Waals surface area (Å²) in [6.07, 6.45) is 3.88. The molecule has 1 unspecified atom stereocenters. The predicted molar refractivity (Wildman–Crippen MR) is 95.8 cm³/mol. The van der Waals surface area contributed by atoms with Crippen LogP contribution >= 0.6 is 23.2 Å². The zero-order chi connectivity index (χ0) is 17.8. The van der Waals surface area contributed by atoms with Gasteiger partial charge in [-0.2, -0.15) is 0 Å². The molecule has 1 atom stereocenters. The summed E-state index contributed by atoms with van der Waals surface area (Å²) in [5.41, 5.74) is 1.81. The Hall–Kier alpha value is -1.63. The van der Waals surface area contributed by atoms with Crippen LogP contribution in [0.5, 0.6) is 0 Å².